The van der Waals surface area contributed by atoms with Crippen LogP contribution >= 0.6 is 23.4 Å². The number of rotatable bonds is 5. The van der Waals surface area contributed by atoms with E-state index in [1.165, 1.54) is 11.8 Å². The monoisotopic (exact) mass is 401 g/mol. The second-order valence-electron chi connectivity index (χ2n) is 6.25. The summed E-state index contributed by atoms with van der Waals surface area (Å²) in [5.41, 5.74) is 1.26. The lowest BCUT2D eigenvalue weighted by Crippen LogP contribution is -2.28. The Morgan fingerprint density at radius 1 is 1.22 bits per heavy atom. The zero-order valence-electron chi connectivity index (χ0n) is 15.3. The maximum Gasteiger partial charge on any atom is 0.262 e. The van der Waals surface area contributed by atoms with Crippen molar-refractivity contribution in [2.45, 2.75) is 23.9 Å². The lowest BCUT2D eigenvalue weighted by atomic mass is 10.1. The molecule has 27 heavy (non-hydrogen) atoms. The van der Waals surface area contributed by atoms with Gasteiger partial charge in [0.15, 0.2) is 5.16 Å². The summed E-state index contributed by atoms with van der Waals surface area (Å²) in [6.45, 7) is 2.35. The SMILES string of the molecule is CCn1c(SC(C(=O)N(C)C)c2ccccc2)nc2cc(Cl)ccc2c1=O. The summed E-state index contributed by atoms with van der Waals surface area (Å²) in [6, 6.07) is 14.6. The van der Waals surface area contributed by atoms with Crippen molar-refractivity contribution in [3.05, 3.63) is 69.5 Å². The highest BCUT2D eigenvalue weighted by Crippen LogP contribution is 2.35. The van der Waals surface area contributed by atoms with Gasteiger partial charge in [-0.25, -0.2) is 4.98 Å². The highest BCUT2D eigenvalue weighted by Gasteiger charge is 2.26. The van der Waals surface area contributed by atoms with Gasteiger partial charge in [0.2, 0.25) is 5.91 Å². The Bertz CT molecular complexity index is 1030. The number of halogens is 1. The van der Waals surface area contributed by atoms with Crippen LogP contribution in [0.4, 0.5) is 0 Å². The number of carbonyl (C=O) groups excluding carboxylic acids is 1. The minimum Gasteiger partial charge on any atom is -0.348 e. The molecule has 1 aromatic heterocycles. The minimum atomic E-state index is -0.498. The summed E-state index contributed by atoms with van der Waals surface area (Å²) in [7, 11) is 3.44. The molecule has 140 valence electrons. The van der Waals surface area contributed by atoms with Crippen molar-refractivity contribution < 1.29 is 4.79 Å². The van der Waals surface area contributed by atoms with Gasteiger partial charge in [0.1, 0.15) is 5.25 Å². The molecule has 0 spiro atoms. The number of fused-ring (bicyclic) bond motifs is 1. The topological polar surface area (TPSA) is 55.2 Å². The number of thioether (sulfide) groups is 1. The number of hydrogen-bond acceptors (Lipinski definition) is 4. The van der Waals surface area contributed by atoms with Crippen molar-refractivity contribution >= 4 is 40.2 Å². The van der Waals surface area contributed by atoms with Gasteiger partial charge in [0.05, 0.1) is 10.9 Å². The number of likely N-dealkylation sites (N-methyl/N-ethyl adjacent to an activating group) is 1. The molecule has 3 aromatic rings. The van der Waals surface area contributed by atoms with E-state index in [1.807, 2.05) is 37.3 Å². The maximum absolute atomic E-state index is 12.9. The molecule has 0 bridgehead atoms. The molecule has 3 rings (SSSR count). The average molecular weight is 402 g/mol. The van der Waals surface area contributed by atoms with Crippen LogP contribution < -0.4 is 5.56 Å². The quantitative estimate of drug-likeness (QED) is 0.479. The molecule has 0 saturated heterocycles. The van der Waals surface area contributed by atoms with Crippen molar-refractivity contribution in [1.82, 2.24) is 14.5 Å². The van der Waals surface area contributed by atoms with Crippen molar-refractivity contribution in [3.8, 4) is 0 Å². The van der Waals surface area contributed by atoms with Crippen LogP contribution in [0.1, 0.15) is 17.7 Å². The molecule has 0 saturated carbocycles. The summed E-state index contributed by atoms with van der Waals surface area (Å²) >= 11 is 7.36. The fourth-order valence-electron chi connectivity index (χ4n) is 2.77. The van der Waals surface area contributed by atoms with E-state index in [0.29, 0.717) is 27.6 Å². The lowest BCUT2D eigenvalue weighted by molar-refractivity contribution is -0.128. The first-order valence-corrected chi connectivity index (χ1v) is 9.81. The van der Waals surface area contributed by atoms with Gasteiger partial charge in [-0.15, -0.1) is 0 Å². The third kappa shape index (κ3) is 4.01. The molecule has 1 amide bonds. The number of benzene rings is 2. The van der Waals surface area contributed by atoms with Gasteiger partial charge in [-0.1, -0.05) is 53.7 Å². The zero-order valence-corrected chi connectivity index (χ0v) is 16.9. The molecule has 1 heterocycles. The van der Waals surface area contributed by atoms with Crippen LogP contribution in [0.25, 0.3) is 10.9 Å². The Kier molecular flexibility index (Phi) is 5.87. The van der Waals surface area contributed by atoms with Crippen LogP contribution in [0.3, 0.4) is 0 Å². The predicted molar refractivity (Wildman–Crippen MR) is 110 cm³/mol. The Hall–Kier alpha value is -2.31. The molecule has 2 aromatic carbocycles. The second kappa shape index (κ2) is 8.15. The van der Waals surface area contributed by atoms with Crippen molar-refractivity contribution in [1.29, 1.82) is 0 Å². The number of aromatic nitrogens is 2. The summed E-state index contributed by atoms with van der Waals surface area (Å²) in [5, 5.41) is 1.04. The van der Waals surface area contributed by atoms with E-state index in [2.05, 4.69) is 4.98 Å². The average Bonchev–Trinajstić information content (AvgIpc) is 2.66. The van der Waals surface area contributed by atoms with E-state index < -0.39 is 5.25 Å². The van der Waals surface area contributed by atoms with E-state index in [9.17, 15) is 9.59 Å². The molecule has 0 aliphatic rings. The van der Waals surface area contributed by atoms with E-state index >= 15 is 0 Å². The first-order chi connectivity index (χ1) is 12.9. The molecule has 1 unspecified atom stereocenters. The van der Waals surface area contributed by atoms with Crippen molar-refractivity contribution in [3.63, 3.8) is 0 Å². The number of nitrogens with zero attached hydrogens (tertiary/aromatic N) is 3. The largest absolute Gasteiger partial charge is 0.348 e. The fourth-order valence-corrected chi connectivity index (χ4v) is 4.24. The molecular weight excluding hydrogens is 382 g/mol. The maximum atomic E-state index is 12.9. The zero-order chi connectivity index (χ0) is 19.6. The van der Waals surface area contributed by atoms with Crippen LogP contribution in [-0.4, -0.2) is 34.5 Å². The Morgan fingerprint density at radius 2 is 1.93 bits per heavy atom. The van der Waals surface area contributed by atoms with E-state index in [0.717, 1.165) is 5.56 Å². The molecule has 0 aliphatic carbocycles. The van der Waals surface area contributed by atoms with E-state index in [-0.39, 0.29) is 11.5 Å². The summed E-state index contributed by atoms with van der Waals surface area (Å²) in [6.07, 6.45) is 0. The summed E-state index contributed by atoms with van der Waals surface area (Å²) in [4.78, 5) is 31.9. The highest BCUT2D eigenvalue weighted by atomic mass is 35.5. The third-order valence-electron chi connectivity index (χ3n) is 4.19. The van der Waals surface area contributed by atoms with E-state index in [1.54, 1.807) is 41.8 Å². The summed E-state index contributed by atoms with van der Waals surface area (Å²) < 4.78 is 1.60. The van der Waals surface area contributed by atoms with Crippen LogP contribution in [0.15, 0.2) is 58.5 Å². The van der Waals surface area contributed by atoms with Crippen molar-refractivity contribution in [2.75, 3.05) is 14.1 Å². The smallest absolute Gasteiger partial charge is 0.262 e. The van der Waals surface area contributed by atoms with Crippen LogP contribution in [-0.2, 0) is 11.3 Å². The molecular formula is C20H20ClN3O2S. The molecule has 0 radical (unpaired) electrons. The Labute approximate surface area is 167 Å². The number of carbonyl (C=O) groups is 1. The van der Waals surface area contributed by atoms with Crippen LogP contribution in [0.5, 0.6) is 0 Å². The summed E-state index contributed by atoms with van der Waals surface area (Å²) in [5.74, 6) is -0.0608. The van der Waals surface area contributed by atoms with Gasteiger partial charge in [0, 0.05) is 25.7 Å². The second-order valence-corrected chi connectivity index (χ2v) is 7.76. The van der Waals surface area contributed by atoms with Crippen LogP contribution in [0.2, 0.25) is 5.02 Å². The van der Waals surface area contributed by atoms with Gasteiger partial charge in [-0.05, 0) is 30.7 Å². The minimum absolute atomic E-state index is 0.0608. The normalized spacial score (nSPS) is 12.1. The molecule has 0 N–H and O–H groups in total. The fraction of sp³-hybridized carbons (Fsp3) is 0.250. The molecule has 7 heteroatoms. The van der Waals surface area contributed by atoms with Gasteiger partial charge in [-0.2, -0.15) is 0 Å². The van der Waals surface area contributed by atoms with Gasteiger partial charge in [0.25, 0.3) is 5.56 Å². The van der Waals surface area contributed by atoms with Gasteiger partial charge in [-0.3, -0.25) is 14.2 Å². The molecule has 0 aliphatic heterocycles. The third-order valence-corrected chi connectivity index (χ3v) is 5.66. The lowest BCUT2D eigenvalue weighted by Gasteiger charge is -2.21. The first-order valence-electron chi connectivity index (χ1n) is 8.55. The highest BCUT2D eigenvalue weighted by molar-refractivity contribution is 8.00. The first kappa shape index (κ1) is 19.5. The molecule has 0 fully saturated rings. The predicted octanol–water partition coefficient (Wildman–Crippen LogP) is 3.99. The number of amides is 1. The van der Waals surface area contributed by atoms with Gasteiger partial charge >= 0.3 is 0 Å². The van der Waals surface area contributed by atoms with Gasteiger partial charge < -0.3 is 4.90 Å². The van der Waals surface area contributed by atoms with Crippen molar-refractivity contribution in [2.24, 2.45) is 0 Å². The Morgan fingerprint density at radius 3 is 2.56 bits per heavy atom. The Balaban J connectivity index is 2.14. The molecule has 1 atom stereocenters. The number of hydrogen-bond donors (Lipinski definition) is 0. The van der Waals surface area contributed by atoms with E-state index in [4.69, 9.17) is 11.6 Å². The van der Waals surface area contributed by atoms with Crippen LogP contribution in [0, 0.1) is 0 Å². The standard InChI is InChI=1S/C20H20ClN3O2S/c1-4-24-18(25)15-11-10-14(21)12-16(15)22-20(24)27-17(19(26)23(2)3)13-8-6-5-7-9-13/h5-12,17H,4H2,1-3H3. The molecule has 5 nitrogen and oxygen atoms in total.